The molecule has 0 aromatic heterocycles. The maximum atomic E-state index is 13.1. The summed E-state index contributed by atoms with van der Waals surface area (Å²) in [5, 5.41) is 0. The lowest BCUT2D eigenvalue weighted by Crippen LogP contribution is -2.11. The summed E-state index contributed by atoms with van der Waals surface area (Å²) in [6, 6.07) is 15.3. The zero-order chi connectivity index (χ0) is 13.7. The molecular weight excluding hydrogens is 259 g/mol. The molecule has 0 amide bonds. The van der Waals surface area contributed by atoms with Gasteiger partial charge in [-0.2, -0.15) is 0 Å². The van der Waals surface area contributed by atoms with Crippen molar-refractivity contribution in [2.24, 2.45) is 5.92 Å². The second-order valence-corrected chi connectivity index (χ2v) is 5.29. The smallest absolute Gasteiger partial charge is 0.123 e. The summed E-state index contributed by atoms with van der Waals surface area (Å²) in [4.78, 5) is 0. The number of alkyl halides is 1. The lowest BCUT2D eigenvalue weighted by molar-refractivity contribution is 0.579. The van der Waals surface area contributed by atoms with Gasteiger partial charge < -0.3 is 0 Å². The molecule has 0 fully saturated rings. The average molecular weight is 277 g/mol. The number of hydrogen-bond acceptors (Lipinski definition) is 0. The predicted octanol–water partition coefficient (Wildman–Crippen LogP) is 4.77. The van der Waals surface area contributed by atoms with E-state index in [4.69, 9.17) is 11.6 Å². The van der Waals surface area contributed by atoms with E-state index in [-0.39, 0.29) is 5.82 Å². The van der Waals surface area contributed by atoms with Crippen molar-refractivity contribution in [3.63, 3.8) is 0 Å². The molecule has 2 aromatic rings. The van der Waals surface area contributed by atoms with E-state index in [1.165, 1.54) is 17.2 Å². The Morgan fingerprint density at radius 1 is 1.05 bits per heavy atom. The molecule has 0 N–H and O–H groups in total. The molecule has 2 aromatic carbocycles. The third kappa shape index (κ3) is 4.07. The standard InChI is InChI=1S/C17H18ClF/c1-13-9-17(19)8-7-16(13)11-15(12-18)10-14-5-3-2-4-6-14/h2-9,15H,10-12H2,1H3. The van der Waals surface area contributed by atoms with Gasteiger partial charge in [-0.15, -0.1) is 11.6 Å². The van der Waals surface area contributed by atoms with Crippen molar-refractivity contribution in [2.75, 3.05) is 5.88 Å². The summed E-state index contributed by atoms with van der Waals surface area (Å²) < 4.78 is 13.1. The highest BCUT2D eigenvalue weighted by atomic mass is 35.5. The maximum absolute atomic E-state index is 13.1. The minimum Gasteiger partial charge on any atom is -0.207 e. The zero-order valence-corrected chi connectivity index (χ0v) is 11.8. The van der Waals surface area contributed by atoms with E-state index in [2.05, 4.69) is 12.1 Å². The summed E-state index contributed by atoms with van der Waals surface area (Å²) in [6.07, 6.45) is 1.85. The van der Waals surface area contributed by atoms with Crippen molar-refractivity contribution in [1.29, 1.82) is 0 Å². The second-order valence-electron chi connectivity index (χ2n) is 4.98. The van der Waals surface area contributed by atoms with Gasteiger partial charge >= 0.3 is 0 Å². The fourth-order valence-corrected chi connectivity index (χ4v) is 2.55. The Morgan fingerprint density at radius 2 is 1.79 bits per heavy atom. The first-order valence-electron chi connectivity index (χ1n) is 6.54. The Bertz CT molecular complexity index is 522. The van der Waals surface area contributed by atoms with Crippen molar-refractivity contribution < 1.29 is 4.39 Å². The molecular formula is C17H18ClF. The molecule has 0 radical (unpaired) electrons. The average Bonchev–Trinajstić information content (AvgIpc) is 2.42. The van der Waals surface area contributed by atoms with Gasteiger partial charge in [-0.05, 0) is 54.5 Å². The highest BCUT2D eigenvalue weighted by Crippen LogP contribution is 2.19. The molecule has 1 unspecified atom stereocenters. The Hall–Kier alpha value is -1.34. The topological polar surface area (TPSA) is 0 Å². The first kappa shape index (κ1) is 14.1. The largest absolute Gasteiger partial charge is 0.207 e. The van der Waals surface area contributed by atoms with Crippen LogP contribution in [-0.4, -0.2) is 5.88 Å². The third-order valence-electron chi connectivity index (χ3n) is 3.40. The zero-order valence-electron chi connectivity index (χ0n) is 11.1. The maximum Gasteiger partial charge on any atom is 0.123 e. The van der Waals surface area contributed by atoms with Gasteiger partial charge in [0.05, 0.1) is 0 Å². The highest BCUT2D eigenvalue weighted by molar-refractivity contribution is 6.18. The molecule has 0 saturated carbocycles. The Balaban J connectivity index is 2.06. The van der Waals surface area contributed by atoms with Crippen LogP contribution >= 0.6 is 11.6 Å². The molecule has 0 bridgehead atoms. The van der Waals surface area contributed by atoms with Gasteiger partial charge in [-0.25, -0.2) is 4.39 Å². The second kappa shape index (κ2) is 6.72. The van der Waals surface area contributed by atoms with Crippen LogP contribution in [0.5, 0.6) is 0 Å². The van der Waals surface area contributed by atoms with E-state index in [1.807, 2.05) is 31.2 Å². The fraction of sp³-hybridized carbons (Fsp3) is 0.294. The fourth-order valence-electron chi connectivity index (χ4n) is 2.33. The van der Waals surface area contributed by atoms with Crippen LogP contribution < -0.4 is 0 Å². The molecule has 19 heavy (non-hydrogen) atoms. The summed E-state index contributed by atoms with van der Waals surface area (Å²) in [6.45, 7) is 1.95. The van der Waals surface area contributed by atoms with E-state index in [1.54, 1.807) is 6.07 Å². The molecule has 1 atom stereocenters. The summed E-state index contributed by atoms with van der Waals surface area (Å²) in [5.41, 5.74) is 3.49. The van der Waals surface area contributed by atoms with Crippen LogP contribution in [0.2, 0.25) is 0 Å². The predicted molar refractivity (Wildman–Crippen MR) is 79.2 cm³/mol. The molecule has 0 saturated heterocycles. The van der Waals surface area contributed by atoms with Crippen LogP contribution in [-0.2, 0) is 12.8 Å². The van der Waals surface area contributed by atoms with Crippen LogP contribution in [0.4, 0.5) is 4.39 Å². The molecule has 0 aliphatic carbocycles. The van der Waals surface area contributed by atoms with Crippen molar-refractivity contribution in [2.45, 2.75) is 19.8 Å². The molecule has 0 spiro atoms. The first-order chi connectivity index (χ1) is 9.19. The van der Waals surface area contributed by atoms with E-state index >= 15 is 0 Å². The first-order valence-corrected chi connectivity index (χ1v) is 7.07. The summed E-state index contributed by atoms with van der Waals surface area (Å²) in [5.74, 6) is 0.825. The number of benzene rings is 2. The quantitative estimate of drug-likeness (QED) is 0.690. The molecule has 2 heteroatoms. The van der Waals surface area contributed by atoms with E-state index in [9.17, 15) is 4.39 Å². The van der Waals surface area contributed by atoms with Gasteiger partial charge in [0.25, 0.3) is 0 Å². The van der Waals surface area contributed by atoms with Crippen molar-refractivity contribution in [3.05, 3.63) is 71.0 Å². The molecule has 0 aliphatic heterocycles. The van der Waals surface area contributed by atoms with E-state index in [0.717, 1.165) is 18.4 Å². The lowest BCUT2D eigenvalue weighted by Gasteiger charge is -2.15. The summed E-state index contributed by atoms with van der Waals surface area (Å²) >= 11 is 6.08. The lowest BCUT2D eigenvalue weighted by atomic mass is 9.92. The SMILES string of the molecule is Cc1cc(F)ccc1CC(CCl)Cc1ccccc1. The number of rotatable bonds is 5. The highest BCUT2D eigenvalue weighted by Gasteiger charge is 2.11. The number of hydrogen-bond donors (Lipinski definition) is 0. The van der Waals surface area contributed by atoms with Crippen LogP contribution in [0.25, 0.3) is 0 Å². The van der Waals surface area contributed by atoms with Crippen molar-refractivity contribution in [1.82, 2.24) is 0 Å². The number of halogens is 2. The van der Waals surface area contributed by atoms with Crippen molar-refractivity contribution >= 4 is 11.6 Å². The van der Waals surface area contributed by atoms with Crippen LogP contribution in [0.15, 0.2) is 48.5 Å². The van der Waals surface area contributed by atoms with E-state index in [0.29, 0.717) is 11.8 Å². The van der Waals surface area contributed by atoms with Gasteiger partial charge in [0, 0.05) is 5.88 Å². The number of aryl methyl sites for hydroxylation is 1. The molecule has 0 aliphatic rings. The van der Waals surface area contributed by atoms with Gasteiger partial charge in [-0.1, -0.05) is 36.4 Å². The Labute approximate surface area is 119 Å². The van der Waals surface area contributed by atoms with Gasteiger partial charge in [0.15, 0.2) is 0 Å². The normalized spacial score (nSPS) is 12.4. The van der Waals surface area contributed by atoms with Crippen LogP contribution in [0, 0.1) is 18.7 Å². The minimum atomic E-state index is -0.174. The monoisotopic (exact) mass is 276 g/mol. The molecule has 0 nitrogen and oxygen atoms in total. The minimum absolute atomic E-state index is 0.174. The summed E-state index contributed by atoms with van der Waals surface area (Å²) in [7, 11) is 0. The molecule has 100 valence electrons. The third-order valence-corrected chi connectivity index (χ3v) is 3.84. The Morgan fingerprint density at radius 3 is 2.42 bits per heavy atom. The van der Waals surface area contributed by atoms with Gasteiger partial charge in [-0.3, -0.25) is 0 Å². The van der Waals surface area contributed by atoms with Crippen LogP contribution in [0.1, 0.15) is 16.7 Å². The molecule has 2 rings (SSSR count). The van der Waals surface area contributed by atoms with Gasteiger partial charge in [0.2, 0.25) is 0 Å². The van der Waals surface area contributed by atoms with Crippen LogP contribution in [0.3, 0.4) is 0 Å². The molecule has 0 heterocycles. The van der Waals surface area contributed by atoms with E-state index < -0.39 is 0 Å². The van der Waals surface area contributed by atoms with Crippen molar-refractivity contribution in [3.8, 4) is 0 Å². The van der Waals surface area contributed by atoms with Gasteiger partial charge in [0.1, 0.15) is 5.82 Å². The Kier molecular flexibility index (Phi) is 4.98.